The Morgan fingerprint density at radius 2 is 1.91 bits per heavy atom. The van der Waals surface area contributed by atoms with Gasteiger partial charge in [-0.3, -0.25) is 9.59 Å². The van der Waals surface area contributed by atoms with Gasteiger partial charge in [0, 0.05) is 5.56 Å². The molecule has 6 heteroatoms. The summed E-state index contributed by atoms with van der Waals surface area (Å²) in [5.41, 5.74) is 4.34. The molecule has 0 spiro atoms. The average Bonchev–Trinajstić information content (AvgIpc) is 2.71. The van der Waals surface area contributed by atoms with Gasteiger partial charge in [0.2, 0.25) is 0 Å². The zero-order valence-corrected chi connectivity index (χ0v) is 19.8. The number of fused-ring (bicyclic) bond motifs is 1. The van der Waals surface area contributed by atoms with Crippen molar-refractivity contribution in [1.29, 1.82) is 0 Å². The van der Waals surface area contributed by atoms with Gasteiger partial charge >= 0.3 is 11.9 Å². The summed E-state index contributed by atoms with van der Waals surface area (Å²) in [6.07, 6.45) is 3.62. The molecule has 6 nitrogen and oxygen atoms in total. The first-order valence-corrected chi connectivity index (χ1v) is 11.2. The molecule has 0 saturated carbocycles. The number of aliphatic carboxylic acids is 1. The molecule has 1 aliphatic rings. The van der Waals surface area contributed by atoms with Crippen LogP contribution in [0.3, 0.4) is 0 Å². The molecule has 0 amide bonds. The van der Waals surface area contributed by atoms with Gasteiger partial charge in [0.25, 0.3) is 0 Å². The molecule has 0 bridgehead atoms. The minimum atomic E-state index is -1.02. The summed E-state index contributed by atoms with van der Waals surface area (Å²) in [5, 5.41) is 30.1. The van der Waals surface area contributed by atoms with Crippen molar-refractivity contribution in [1.82, 2.24) is 0 Å². The summed E-state index contributed by atoms with van der Waals surface area (Å²) in [6.45, 7) is 11.1. The Kier molecular flexibility index (Phi) is 8.81. The SMILES string of the molecule is C/C(=C\C=C\[C@H](C)CC(=O)O)[C@H](O)[C@H](C)C(=O)O[C@H]1C[C@@H](C)[C@@H](O)c2ccc(C)c(C)c21. The van der Waals surface area contributed by atoms with Crippen LogP contribution in [0, 0.1) is 31.6 Å². The van der Waals surface area contributed by atoms with Gasteiger partial charge < -0.3 is 20.1 Å². The second kappa shape index (κ2) is 10.9. The topological polar surface area (TPSA) is 104 Å². The maximum atomic E-state index is 12.9. The highest BCUT2D eigenvalue weighted by Gasteiger charge is 2.36. The zero-order chi connectivity index (χ0) is 24.2. The van der Waals surface area contributed by atoms with Crippen molar-refractivity contribution in [2.75, 3.05) is 0 Å². The Labute approximate surface area is 190 Å². The highest BCUT2D eigenvalue weighted by molar-refractivity contribution is 5.74. The number of aliphatic hydroxyl groups excluding tert-OH is 2. The van der Waals surface area contributed by atoms with E-state index in [1.54, 1.807) is 39.0 Å². The second-order valence-corrected chi connectivity index (χ2v) is 9.20. The van der Waals surface area contributed by atoms with E-state index in [1.165, 1.54) is 0 Å². The summed E-state index contributed by atoms with van der Waals surface area (Å²) in [7, 11) is 0. The van der Waals surface area contributed by atoms with Crippen LogP contribution in [0.1, 0.15) is 75.0 Å². The number of rotatable bonds is 8. The fourth-order valence-electron chi connectivity index (χ4n) is 4.15. The molecule has 0 unspecified atom stereocenters. The lowest BCUT2D eigenvalue weighted by Crippen LogP contribution is -2.32. The normalized spacial score (nSPS) is 24.0. The number of carboxylic acid groups (broad SMARTS) is 1. The van der Waals surface area contributed by atoms with E-state index in [1.807, 2.05) is 32.9 Å². The van der Waals surface area contributed by atoms with E-state index in [9.17, 15) is 19.8 Å². The molecular formula is C26H36O6. The third kappa shape index (κ3) is 6.08. The number of aryl methyl sites for hydroxylation is 1. The highest BCUT2D eigenvalue weighted by atomic mass is 16.5. The van der Waals surface area contributed by atoms with Crippen LogP contribution >= 0.6 is 0 Å². The van der Waals surface area contributed by atoms with Crippen molar-refractivity contribution in [3.05, 3.63) is 58.2 Å². The average molecular weight is 445 g/mol. The van der Waals surface area contributed by atoms with Crippen LogP contribution in [0.4, 0.5) is 0 Å². The largest absolute Gasteiger partial charge is 0.481 e. The third-order valence-electron chi connectivity index (χ3n) is 6.45. The van der Waals surface area contributed by atoms with Gasteiger partial charge in [0.1, 0.15) is 6.10 Å². The fraction of sp³-hybridized carbons (Fsp3) is 0.538. The van der Waals surface area contributed by atoms with Gasteiger partial charge in [-0.1, -0.05) is 44.2 Å². The second-order valence-electron chi connectivity index (χ2n) is 9.20. The summed E-state index contributed by atoms with van der Waals surface area (Å²) < 4.78 is 5.87. The van der Waals surface area contributed by atoms with Crippen LogP contribution in [0.15, 0.2) is 35.9 Å². The van der Waals surface area contributed by atoms with E-state index >= 15 is 0 Å². The molecule has 0 fully saturated rings. The smallest absolute Gasteiger partial charge is 0.312 e. The van der Waals surface area contributed by atoms with Crippen molar-refractivity contribution in [2.24, 2.45) is 17.8 Å². The lowest BCUT2D eigenvalue weighted by Gasteiger charge is -2.35. The first-order valence-electron chi connectivity index (χ1n) is 11.2. The molecule has 0 heterocycles. The molecule has 176 valence electrons. The molecule has 3 N–H and O–H groups in total. The molecule has 0 aromatic heterocycles. The monoisotopic (exact) mass is 444 g/mol. The van der Waals surface area contributed by atoms with Crippen LogP contribution in [-0.4, -0.2) is 33.4 Å². The van der Waals surface area contributed by atoms with Gasteiger partial charge in [-0.05, 0) is 68.2 Å². The fourth-order valence-corrected chi connectivity index (χ4v) is 4.15. The van der Waals surface area contributed by atoms with E-state index < -0.39 is 36.2 Å². The molecule has 32 heavy (non-hydrogen) atoms. The van der Waals surface area contributed by atoms with Crippen molar-refractivity contribution in [3.63, 3.8) is 0 Å². The molecule has 1 aromatic rings. The first-order chi connectivity index (χ1) is 14.9. The lowest BCUT2D eigenvalue weighted by atomic mass is 9.78. The van der Waals surface area contributed by atoms with Gasteiger partial charge in [-0.15, -0.1) is 0 Å². The Morgan fingerprint density at radius 3 is 2.53 bits per heavy atom. The molecule has 0 radical (unpaired) electrons. The van der Waals surface area contributed by atoms with E-state index in [2.05, 4.69) is 0 Å². The zero-order valence-electron chi connectivity index (χ0n) is 19.8. The van der Waals surface area contributed by atoms with E-state index in [0.29, 0.717) is 12.0 Å². The number of carbonyl (C=O) groups is 2. The molecule has 2 rings (SSSR count). The standard InChI is InChI=1S/C26H36O6/c1-14(12-22(27)28)8-7-9-16(3)24(29)19(6)26(31)32-21-13-17(4)25(30)20-11-10-15(2)18(5)23(20)21/h7-11,14,17,19,21,24-25,29-30H,12-13H2,1-6H3,(H,27,28)/b8-7+,16-9+/t14-,17+,19-,21-,24-,25+/m0/s1. The highest BCUT2D eigenvalue weighted by Crippen LogP contribution is 2.44. The lowest BCUT2D eigenvalue weighted by molar-refractivity contribution is -0.159. The van der Waals surface area contributed by atoms with Crippen LogP contribution in [-0.2, 0) is 14.3 Å². The van der Waals surface area contributed by atoms with E-state index in [4.69, 9.17) is 9.84 Å². The minimum Gasteiger partial charge on any atom is -0.481 e. The van der Waals surface area contributed by atoms with Gasteiger partial charge in [0.05, 0.1) is 24.5 Å². The summed E-state index contributed by atoms with van der Waals surface area (Å²) in [5.74, 6) is -2.31. The van der Waals surface area contributed by atoms with Gasteiger partial charge in [-0.25, -0.2) is 0 Å². The number of aliphatic hydroxyl groups is 2. The number of benzene rings is 1. The predicted molar refractivity (Wildman–Crippen MR) is 123 cm³/mol. The van der Waals surface area contributed by atoms with Gasteiger partial charge in [-0.2, -0.15) is 0 Å². The van der Waals surface area contributed by atoms with Crippen LogP contribution < -0.4 is 0 Å². The maximum Gasteiger partial charge on any atom is 0.312 e. The maximum absolute atomic E-state index is 12.9. The molecular weight excluding hydrogens is 408 g/mol. The molecule has 1 aliphatic carbocycles. The third-order valence-corrected chi connectivity index (χ3v) is 6.45. The van der Waals surface area contributed by atoms with Crippen molar-refractivity contribution < 1.29 is 29.6 Å². The minimum absolute atomic E-state index is 0.0313. The Balaban J connectivity index is 2.13. The van der Waals surface area contributed by atoms with Crippen molar-refractivity contribution in [3.8, 4) is 0 Å². The number of allylic oxidation sites excluding steroid dienone is 3. The van der Waals surface area contributed by atoms with Crippen LogP contribution in [0.2, 0.25) is 0 Å². The number of ether oxygens (including phenoxy) is 1. The Hall–Kier alpha value is -2.44. The number of carboxylic acids is 1. The number of hydrogen-bond donors (Lipinski definition) is 3. The molecule has 1 aromatic carbocycles. The Morgan fingerprint density at radius 1 is 1.25 bits per heavy atom. The number of esters is 1. The quantitative estimate of drug-likeness (QED) is 0.401. The number of carbonyl (C=O) groups excluding carboxylic acids is 1. The van der Waals surface area contributed by atoms with Crippen molar-refractivity contribution >= 4 is 11.9 Å². The van der Waals surface area contributed by atoms with E-state index in [0.717, 1.165) is 22.3 Å². The number of hydrogen-bond acceptors (Lipinski definition) is 5. The molecule has 0 saturated heterocycles. The van der Waals surface area contributed by atoms with Crippen molar-refractivity contribution in [2.45, 2.75) is 72.7 Å². The first kappa shape index (κ1) is 25.8. The summed E-state index contributed by atoms with van der Waals surface area (Å²) in [6, 6.07) is 3.88. The Bertz CT molecular complexity index is 900. The van der Waals surface area contributed by atoms with Crippen LogP contribution in [0.5, 0.6) is 0 Å². The molecule has 6 atom stereocenters. The summed E-state index contributed by atoms with van der Waals surface area (Å²) >= 11 is 0. The predicted octanol–water partition coefficient (Wildman–Crippen LogP) is 4.57. The van der Waals surface area contributed by atoms with Crippen LogP contribution in [0.25, 0.3) is 0 Å². The van der Waals surface area contributed by atoms with Gasteiger partial charge in [0.15, 0.2) is 0 Å². The summed E-state index contributed by atoms with van der Waals surface area (Å²) in [4.78, 5) is 23.6. The molecule has 0 aliphatic heterocycles. The van der Waals surface area contributed by atoms with E-state index in [-0.39, 0.29) is 18.3 Å².